The number of hydrogen-bond donors (Lipinski definition) is 1. The Hall–Kier alpha value is -0.430. The maximum atomic E-state index is 13.0. The highest BCUT2D eigenvalue weighted by atomic mass is 79.9. The number of hydrogen-bond acceptors (Lipinski definition) is 4. The van der Waals surface area contributed by atoms with Crippen molar-refractivity contribution < 1.29 is 36.1 Å². The van der Waals surface area contributed by atoms with Crippen LogP contribution in [-0.4, -0.2) is 48.8 Å². The smallest absolute Gasteiger partial charge is 0.344 e. The summed E-state index contributed by atoms with van der Waals surface area (Å²) in [4.78, 5) is 13.7. The van der Waals surface area contributed by atoms with E-state index in [2.05, 4.69) is 14.1 Å². The van der Waals surface area contributed by atoms with Gasteiger partial charge < -0.3 is 31.3 Å². The van der Waals surface area contributed by atoms with Gasteiger partial charge in [0.2, 0.25) is 0 Å². The molecule has 1 aromatic heterocycles. The lowest BCUT2D eigenvalue weighted by atomic mass is 9.84. The van der Waals surface area contributed by atoms with Crippen molar-refractivity contribution in [2.75, 3.05) is 27.2 Å². The first-order chi connectivity index (χ1) is 10.9. The summed E-state index contributed by atoms with van der Waals surface area (Å²) < 4.78 is 6.70. The number of carbonyl (C=O) groups is 1. The Kier molecular flexibility index (Phi) is 6.51. The summed E-state index contributed by atoms with van der Waals surface area (Å²) in [5.74, 6) is -0.446. The van der Waals surface area contributed by atoms with Crippen molar-refractivity contribution in [1.29, 1.82) is 0 Å². The molecule has 1 aliphatic carbocycles. The fraction of sp³-hybridized carbons (Fsp3) is 0.722. The summed E-state index contributed by atoms with van der Waals surface area (Å²) in [6.07, 6.45) is 5.84. The third-order valence-corrected chi connectivity index (χ3v) is 6.41. The molecule has 2 fully saturated rings. The number of likely N-dealkylation sites (tertiary alicyclic amines) is 1. The monoisotopic (exact) mass is 417 g/mol. The highest BCUT2D eigenvalue weighted by molar-refractivity contribution is 7.10. The number of thiophene rings is 1. The number of likely N-dealkylation sites (N-methyl/N-ethyl adjacent to an activating group) is 1. The van der Waals surface area contributed by atoms with E-state index in [4.69, 9.17) is 4.74 Å². The molecule has 1 N–H and O–H groups in total. The van der Waals surface area contributed by atoms with Gasteiger partial charge in [-0.2, -0.15) is 0 Å². The second kappa shape index (κ2) is 7.85. The van der Waals surface area contributed by atoms with Crippen LogP contribution in [0.1, 0.15) is 43.4 Å². The zero-order valence-electron chi connectivity index (χ0n) is 14.5. The number of nitrogens with zero attached hydrogens (tertiary/aromatic N) is 1. The van der Waals surface area contributed by atoms with E-state index in [1.54, 1.807) is 0 Å². The molecular weight excluding hydrogens is 390 g/mol. The molecule has 0 spiro atoms. The summed E-state index contributed by atoms with van der Waals surface area (Å²) in [5.41, 5.74) is -1.46. The zero-order valence-corrected chi connectivity index (χ0v) is 16.9. The molecule has 0 unspecified atom stereocenters. The number of halogens is 1. The average Bonchev–Trinajstić information content (AvgIpc) is 3.19. The minimum atomic E-state index is -1.46. The summed E-state index contributed by atoms with van der Waals surface area (Å²) >= 11 is 1.45. The largest absolute Gasteiger partial charge is 1.00 e. The standard InChI is InChI=1S/C18H28NO3S.BrH/c1-19(2)11-5-9-15(13-19)22-17(20)18(21,14-7-3-4-8-14)16-10-6-12-23-16;/h6,10,12,14-15,21H,3-5,7-9,11,13H2,1-2H3;1H/q+1;/p-1/t15-,18-;/m1./s1. The molecule has 3 rings (SSSR count). The number of aliphatic hydroxyl groups is 1. The number of rotatable bonds is 4. The molecule has 4 nitrogen and oxygen atoms in total. The van der Waals surface area contributed by atoms with Gasteiger partial charge in [0, 0.05) is 17.2 Å². The molecule has 0 radical (unpaired) electrons. The summed E-state index contributed by atoms with van der Waals surface area (Å²) in [7, 11) is 4.34. The Balaban J connectivity index is 0.00000208. The summed E-state index contributed by atoms with van der Waals surface area (Å²) in [6, 6.07) is 3.76. The molecule has 2 heterocycles. The van der Waals surface area contributed by atoms with Crippen LogP contribution in [0.4, 0.5) is 0 Å². The van der Waals surface area contributed by atoms with E-state index in [0.29, 0.717) is 0 Å². The lowest BCUT2D eigenvalue weighted by Gasteiger charge is -2.39. The lowest BCUT2D eigenvalue weighted by Crippen LogP contribution is -3.00. The second-order valence-corrected chi connectivity index (χ2v) is 8.68. The summed E-state index contributed by atoms with van der Waals surface area (Å²) in [6.45, 7) is 1.95. The van der Waals surface area contributed by atoms with Crippen molar-refractivity contribution in [2.24, 2.45) is 5.92 Å². The first-order valence-electron chi connectivity index (χ1n) is 8.71. The Morgan fingerprint density at radius 3 is 2.58 bits per heavy atom. The van der Waals surface area contributed by atoms with Crippen molar-refractivity contribution in [1.82, 2.24) is 0 Å². The van der Waals surface area contributed by atoms with E-state index < -0.39 is 11.6 Å². The van der Waals surface area contributed by atoms with E-state index >= 15 is 0 Å². The molecule has 6 heteroatoms. The third-order valence-electron chi connectivity index (χ3n) is 5.42. The topological polar surface area (TPSA) is 46.5 Å². The molecule has 0 aromatic carbocycles. The second-order valence-electron chi connectivity index (χ2n) is 7.74. The van der Waals surface area contributed by atoms with Gasteiger partial charge in [0.1, 0.15) is 6.54 Å². The first-order valence-corrected chi connectivity index (χ1v) is 9.59. The van der Waals surface area contributed by atoms with Gasteiger partial charge in [0.25, 0.3) is 0 Å². The predicted octanol–water partition coefficient (Wildman–Crippen LogP) is -0.0881. The zero-order chi connectivity index (χ0) is 16.5. The van der Waals surface area contributed by atoms with E-state index in [9.17, 15) is 9.90 Å². The van der Waals surface area contributed by atoms with Crippen LogP contribution >= 0.6 is 11.3 Å². The van der Waals surface area contributed by atoms with E-state index in [0.717, 1.165) is 61.0 Å². The van der Waals surface area contributed by atoms with Crippen LogP contribution in [-0.2, 0) is 15.1 Å². The normalized spacial score (nSPS) is 26.4. The van der Waals surface area contributed by atoms with Crippen molar-refractivity contribution in [3.8, 4) is 0 Å². The number of quaternary nitrogens is 1. The quantitative estimate of drug-likeness (QED) is 0.550. The Bertz CT molecular complexity index is 542. The molecule has 0 amide bonds. The first kappa shape index (κ1) is 19.9. The van der Waals surface area contributed by atoms with Gasteiger partial charge in [-0.25, -0.2) is 4.79 Å². The number of carbonyl (C=O) groups excluding carboxylic acids is 1. The maximum absolute atomic E-state index is 13.0. The van der Waals surface area contributed by atoms with Crippen LogP contribution in [0.25, 0.3) is 0 Å². The molecule has 24 heavy (non-hydrogen) atoms. The van der Waals surface area contributed by atoms with Crippen LogP contribution in [0.3, 0.4) is 0 Å². The molecule has 1 saturated heterocycles. The summed E-state index contributed by atoms with van der Waals surface area (Å²) in [5, 5.41) is 13.3. The minimum absolute atomic E-state index is 0. The molecule has 1 aliphatic heterocycles. The molecular formula is C18H28BrNO3S. The molecule has 0 bridgehead atoms. The molecule has 2 atom stereocenters. The number of esters is 1. The Morgan fingerprint density at radius 2 is 2.00 bits per heavy atom. The van der Waals surface area contributed by atoms with Crippen LogP contribution < -0.4 is 17.0 Å². The van der Waals surface area contributed by atoms with Crippen LogP contribution in [0.15, 0.2) is 17.5 Å². The van der Waals surface area contributed by atoms with Crippen molar-refractivity contribution in [2.45, 2.75) is 50.2 Å². The number of ether oxygens (including phenoxy) is 1. The van der Waals surface area contributed by atoms with E-state index in [1.165, 1.54) is 11.3 Å². The fourth-order valence-corrected chi connectivity index (χ4v) is 5.02. The molecule has 1 saturated carbocycles. The Labute approximate surface area is 159 Å². The SMILES string of the molecule is C[N+]1(C)CCC[C@@H](OC(=O)[C@](O)(c2cccs2)C2CCCC2)C1.[Br-]. The fourth-order valence-electron chi connectivity index (χ4n) is 4.13. The van der Waals surface area contributed by atoms with Gasteiger partial charge in [-0.1, -0.05) is 18.9 Å². The third kappa shape index (κ3) is 4.03. The molecule has 2 aliphatic rings. The predicted molar refractivity (Wildman–Crippen MR) is 91.1 cm³/mol. The van der Waals surface area contributed by atoms with Gasteiger partial charge >= 0.3 is 5.97 Å². The van der Waals surface area contributed by atoms with Crippen molar-refractivity contribution >= 4 is 17.3 Å². The number of piperidine rings is 1. The minimum Gasteiger partial charge on any atom is -1.00 e. The van der Waals surface area contributed by atoms with Crippen LogP contribution in [0, 0.1) is 5.92 Å². The highest BCUT2D eigenvalue weighted by Gasteiger charge is 2.49. The molecule has 1 aromatic rings. The van der Waals surface area contributed by atoms with Gasteiger partial charge in [-0.15, -0.1) is 11.3 Å². The van der Waals surface area contributed by atoms with Gasteiger partial charge in [0.05, 0.1) is 20.6 Å². The van der Waals surface area contributed by atoms with Gasteiger partial charge in [-0.3, -0.25) is 0 Å². The van der Waals surface area contributed by atoms with Crippen molar-refractivity contribution in [3.63, 3.8) is 0 Å². The van der Waals surface area contributed by atoms with Crippen molar-refractivity contribution in [3.05, 3.63) is 22.4 Å². The van der Waals surface area contributed by atoms with Crippen LogP contribution in [0.5, 0.6) is 0 Å². The van der Waals surface area contributed by atoms with Crippen LogP contribution in [0.2, 0.25) is 0 Å². The average molecular weight is 418 g/mol. The molecule has 136 valence electrons. The van der Waals surface area contributed by atoms with E-state index in [1.807, 2.05) is 17.5 Å². The van der Waals surface area contributed by atoms with Gasteiger partial charge in [0.15, 0.2) is 11.7 Å². The van der Waals surface area contributed by atoms with Gasteiger partial charge in [-0.05, 0) is 30.7 Å². The van der Waals surface area contributed by atoms with E-state index in [-0.39, 0.29) is 29.0 Å². The Morgan fingerprint density at radius 1 is 1.29 bits per heavy atom. The lowest BCUT2D eigenvalue weighted by molar-refractivity contribution is -0.898. The highest BCUT2D eigenvalue weighted by Crippen LogP contribution is 2.43. The maximum Gasteiger partial charge on any atom is 0.344 e.